The number of sulfonamides is 1. The fourth-order valence-corrected chi connectivity index (χ4v) is 4.93. The highest BCUT2D eigenvalue weighted by Gasteiger charge is 2.29. The minimum atomic E-state index is -3.70. The Hall–Kier alpha value is -3.13. The molecule has 0 saturated heterocycles. The summed E-state index contributed by atoms with van der Waals surface area (Å²) in [4.78, 5) is 16.5. The lowest BCUT2D eigenvalue weighted by Gasteiger charge is -2.30. The number of nitrogens with zero attached hydrogens (tertiary/aromatic N) is 3. The summed E-state index contributed by atoms with van der Waals surface area (Å²) < 4.78 is 34.8. The minimum absolute atomic E-state index is 0.0486. The van der Waals surface area contributed by atoms with E-state index in [0.29, 0.717) is 12.4 Å². The summed E-state index contributed by atoms with van der Waals surface area (Å²) in [5, 5.41) is 0. The van der Waals surface area contributed by atoms with Crippen LogP contribution in [-0.2, 0) is 34.8 Å². The Balaban J connectivity index is 1.51. The second-order valence-electron chi connectivity index (χ2n) is 6.86. The van der Waals surface area contributed by atoms with Gasteiger partial charge < -0.3 is 9.30 Å². The van der Waals surface area contributed by atoms with Crippen molar-refractivity contribution in [2.24, 2.45) is 7.05 Å². The summed E-state index contributed by atoms with van der Waals surface area (Å²) in [5.41, 5.74) is 2.03. The number of benzene rings is 2. The highest BCUT2D eigenvalue weighted by Crippen LogP contribution is 2.31. The van der Waals surface area contributed by atoms with Gasteiger partial charge in [0.15, 0.2) is 0 Å². The quantitative estimate of drug-likeness (QED) is 0.603. The number of aromatic nitrogens is 2. The summed E-state index contributed by atoms with van der Waals surface area (Å²) in [6.45, 7) is 0.486. The van der Waals surface area contributed by atoms with E-state index < -0.39 is 16.0 Å². The number of ether oxygens (including phenoxy) is 1. The number of rotatable bonds is 5. The van der Waals surface area contributed by atoms with Crippen LogP contribution >= 0.6 is 0 Å². The van der Waals surface area contributed by atoms with E-state index in [4.69, 9.17) is 4.74 Å². The zero-order valence-corrected chi connectivity index (χ0v) is 16.8. The van der Waals surface area contributed by atoms with Crippen molar-refractivity contribution in [2.45, 2.75) is 24.3 Å². The molecule has 0 saturated carbocycles. The van der Waals surface area contributed by atoms with Crippen LogP contribution in [0.3, 0.4) is 0 Å². The van der Waals surface area contributed by atoms with Gasteiger partial charge in [-0.1, -0.05) is 18.2 Å². The number of anilines is 1. The van der Waals surface area contributed by atoms with Crippen LogP contribution in [0.25, 0.3) is 0 Å². The van der Waals surface area contributed by atoms with Crippen molar-refractivity contribution in [3.05, 3.63) is 77.9 Å². The summed E-state index contributed by atoms with van der Waals surface area (Å²) >= 11 is 0. The van der Waals surface area contributed by atoms with E-state index in [1.807, 2.05) is 31.3 Å². The van der Waals surface area contributed by atoms with Gasteiger partial charge in [-0.15, -0.1) is 0 Å². The summed E-state index contributed by atoms with van der Waals surface area (Å²) in [6, 6.07) is 13.4. The molecule has 1 aliphatic rings. The Morgan fingerprint density at radius 3 is 2.62 bits per heavy atom. The third-order valence-corrected chi connectivity index (χ3v) is 6.83. The van der Waals surface area contributed by atoms with Gasteiger partial charge in [-0.3, -0.25) is 4.31 Å². The SMILES string of the molecule is Cn1ccnc1COC(=O)c1ccc(S(=O)(=O)N2CCCc3ccccc32)cc1. The van der Waals surface area contributed by atoms with Crippen LogP contribution in [0.1, 0.15) is 28.2 Å². The molecule has 0 N–H and O–H groups in total. The fourth-order valence-electron chi connectivity index (χ4n) is 3.39. The third kappa shape index (κ3) is 3.75. The van der Waals surface area contributed by atoms with Crippen molar-refractivity contribution in [3.63, 3.8) is 0 Å². The summed E-state index contributed by atoms with van der Waals surface area (Å²) in [7, 11) is -1.89. The van der Waals surface area contributed by atoms with E-state index in [2.05, 4.69) is 4.98 Å². The molecule has 0 radical (unpaired) electrons. The number of hydrogen-bond acceptors (Lipinski definition) is 5. The number of aryl methyl sites for hydroxylation is 2. The molecule has 0 aliphatic carbocycles. The first-order valence-corrected chi connectivity index (χ1v) is 10.7. The molecule has 2 heterocycles. The van der Waals surface area contributed by atoms with Crippen molar-refractivity contribution in [1.82, 2.24) is 9.55 Å². The molecule has 1 aliphatic heterocycles. The molecular weight excluding hydrogens is 390 g/mol. The lowest BCUT2D eigenvalue weighted by Crippen LogP contribution is -2.35. The molecule has 0 bridgehead atoms. The number of para-hydroxylation sites is 1. The lowest BCUT2D eigenvalue weighted by molar-refractivity contribution is 0.0459. The van der Waals surface area contributed by atoms with E-state index in [1.54, 1.807) is 17.0 Å². The van der Waals surface area contributed by atoms with Gasteiger partial charge in [0.1, 0.15) is 12.4 Å². The molecule has 0 unspecified atom stereocenters. The first-order chi connectivity index (χ1) is 14.0. The number of hydrogen-bond donors (Lipinski definition) is 0. The molecule has 29 heavy (non-hydrogen) atoms. The number of carbonyl (C=O) groups excluding carboxylic acids is 1. The molecule has 150 valence electrons. The van der Waals surface area contributed by atoms with Crippen molar-refractivity contribution in [2.75, 3.05) is 10.8 Å². The second-order valence-corrected chi connectivity index (χ2v) is 8.73. The van der Waals surface area contributed by atoms with Crippen LogP contribution in [0.2, 0.25) is 0 Å². The van der Waals surface area contributed by atoms with Gasteiger partial charge >= 0.3 is 5.97 Å². The van der Waals surface area contributed by atoms with Gasteiger partial charge in [0.2, 0.25) is 0 Å². The van der Waals surface area contributed by atoms with E-state index in [-0.39, 0.29) is 17.1 Å². The number of carbonyl (C=O) groups is 1. The molecule has 0 atom stereocenters. The Kier molecular flexibility index (Phi) is 5.10. The summed E-state index contributed by atoms with van der Waals surface area (Å²) in [6.07, 6.45) is 5.03. The molecular formula is C21H21N3O4S. The van der Waals surface area contributed by atoms with Crippen molar-refractivity contribution in [3.8, 4) is 0 Å². The standard InChI is InChI=1S/C21H21N3O4S/c1-23-14-12-22-20(23)15-28-21(25)17-8-10-18(11-9-17)29(26,27)24-13-4-6-16-5-2-3-7-19(16)24/h2-3,5,7-12,14H,4,6,13,15H2,1H3. The Bertz CT molecular complexity index is 1140. The predicted molar refractivity (Wildman–Crippen MR) is 108 cm³/mol. The smallest absolute Gasteiger partial charge is 0.338 e. The topological polar surface area (TPSA) is 81.5 Å². The maximum absolute atomic E-state index is 13.1. The van der Waals surface area contributed by atoms with Crippen molar-refractivity contribution < 1.29 is 17.9 Å². The molecule has 0 fully saturated rings. The van der Waals surface area contributed by atoms with Crippen LogP contribution in [0.5, 0.6) is 0 Å². The van der Waals surface area contributed by atoms with E-state index in [1.165, 1.54) is 28.6 Å². The van der Waals surface area contributed by atoms with Crippen LogP contribution in [-0.4, -0.2) is 30.5 Å². The molecule has 0 spiro atoms. The van der Waals surface area contributed by atoms with E-state index in [9.17, 15) is 13.2 Å². The van der Waals surface area contributed by atoms with Gasteiger partial charge in [-0.05, 0) is 48.7 Å². The molecule has 8 heteroatoms. The lowest BCUT2D eigenvalue weighted by atomic mass is 10.0. The Labute approximate surface area is 169 Å². The van der Waals surface area contributed by atoms with Crippen molar-refractivity contribution in [1.29, 1.82) is 0 Å². The molecule has 0 amide bonds. The zero-order chi connectivity index (χ0) is 20.4. The van der Waals surface area contributed by atoms with Gasteiger partial charge in [0.05, 0.1) is 16.1 Å². The summed E-state index contributed by atoms with van der Waals surface area (Å²) in [5.74, 6) is 0.0987. The van der Waals surface area contributed by atoms with E-state index in [0.717, 1.165) is 24.1 Å². The van der Waals surface area contributed by atoms with Crippen LogP contribution in [0, 0.1) is 0 Å². The maximum atomic E-state index is 13.1. The average Bonchev–Trinajstić information content (AvgIpc) is 3.16. The van der Waals surface area contributed by atoms with Gasteiger partial charge in [-0.25, -0.2) is 18.2 Å². The van der Waals surface area contributed by atoms with Crippen LogP contribution < -0.4 is 4.31 Å². The van der Waals surface area contributed by atoms with Gasteiger partial charge in [0.25, 0.3) is 10.0 Å². The zero-order valence-electron chi connectivity index (χ0n) is 16.0. The largest absolute Gasteiger partial charge is 0.454 e. The highest BCUT2D eigenvalue weighted by atomic mass is 32.2. The highest BCUT2D eigenvalue weighted by molar-refractivity contribution is 7.92. The van der Waals surface area contributed by atoms with E-state index >= 15 is 0 Å². The van der Waals surface area contributed by atoms with Crippen LogP contribution in [0.4, 0.5) is 5.69 Å². The maximum Gasteiger partial charge on any atom is 0.338 e. The number of imidazole rings is 1. The monoisotopic (exact) mass is 411 g/mol. The number of esters is 1. The van der Waals surface area contributed by atoms with Crippen molar-refractivity contribution >= 4 is 21.7 Å². The van der Waals surface area contributed by atoms with Gasteiger partial charge in [-0.2, -0.15) is 0 Å². The molecule has 2 aromatic carbocycles. The molecule has 3 aromatic rings. The minimum Gasteiger partial charge on any atom is -0.454 e. The Morgan fingerprint density at radius 1 is 1.14 bits per heavy atom. The second kappa shape index (κ2) is 7.71. The van der Waals surface area contributed by atoms with Crippen LogP contribution in [0.15, 0.2) is 65.8 Å². The average molecular weight is 411 g/mol. The molecule has 7 nitrogen and oxygen atoms in total. The fraction of sp³-hybridized carbons (Fsp3) is 0.238. The molecule has 4 rings (SSSR count). The third-order valence-electron chi connectivity index (χ3n) is 5.00. The molecule has 1 aromatic heterocycles. The van der Waals surface area contributed by atoms with Gasteiger partial charge in [0, 0.05) is 26.0 Å². The first-order valence-electron chi connectivity index (χ1n) is 9.31. The number of fused-ring (bicyclic) bond motifs is 1. The Morgan fingerprint density at radius 2 is 1.90 bits per heavy atom. The first kappa shape index (κ1) is 19.2. The predicted octanol–water partition coefficient (Wildman–Crippen LogP) is 2.92. The normalized spacial score (nSPS) is 13.8.